The molecule has 1 aromatic carbocycles. The molecule has 0 aliphatic rings. The van der Waals surface area contributed by atoms with Crippen LogP contribution in [0.15, 0.2) is 41.0 Å². The second kappa shape index (κ2) is 5.66. The summed E-state index contributed by atoms with van der Waals surface area (Å²) >= 11 is 9.52. The Morgan fingerprint density at radius 3 is 2.76 bits per heavy atom. The van der Waals surface area contributed by atoms with Gasteiger partial charge < -0.3 is 4.90 Å². The maximum atomic E-state index is 6.09. The molecule has 21 heavy (non-hydrogen) atoms. The molecular formula is C15H14BrClN4. The molecule has 3 rings (SSSR count). The average Bonchev–Trinajstić information content (AvgIpc) is 2.84. The minimum absolute atomic E-state index is 0.329. The standard InChI is InChI=1S/C15H14BrClN4/c1-20(2)12-5-3-4-6-13(12)21-14(8-17)19-11-7-10(16)9-18-15(11)21/h3-7,9H,8H2,1-2H3. The minimum atomic E-state index is 0.329. The normalized spacial score (nSPS) is 11.0. The van der Waals surface area contributed by atoms with Crippen LogP contribution in [0.3, 0.4) is 0 Å². The molecule has 0 N–H and O–H groups in total. The van der Waals surface area contributed by atoms with Gasteiger partial charge in [-0.3, -0.25) is 4.57 Å². The Balaban J connectivity index is 2.34. The Morgan fingerprint density at radius 1 is 1.29 bits per heavy atom. The van der Waals surface area contributed by atoms with E-state index in [0.29, 0.717) is 5.88 Å². The highest BCUT2D eigenvalue weighted by molar-refractivity contribution is 9.10. The van der Waals surface area contributed by atoms with Crippen LogP contribution in [-0.4, -0.2) is 28.6 Å². The summed E-state index contributed by atoms with van der Waals surface area (Å²) in [6.45, 7) is 0. The van der Waals surface area contributed by atoms with Crippen LogP contribution in [0.25, 0.3) is 16.9 Å². The molecule has 108 valence electrons. The van der Waals surface area contributed by atoms with E-state index in [2.05, 4.69) is 42.9 Å². The highest BCUT2D eigenvalue weighted by atomic mass is 79.9. The molecule has 2 aromatic heterocycles. The number of nitrogens with zero attached hydrogens (tertiary/aromatic N) is 4. The van der Waals surface area contributed by atoms with Crippen LogP contribution >= 0.6 is 27.5 Å². The van der Waals surface area contributed by atoms with E-state index in [1.54, 1.807) is 6.20 Å². The zero-order valence-corrected chi connectivity index (χ0v) is 14.1. The fraction of sp³-hybridized carbons (Fsp3) is 0.200. The number of fused-ring (bicyclic) bond motifs is 1. The molecule has 0 radical (unpaired) electrons. The van der Waals surface area contributed by atoms with E-state index in [-0.39, 0.29) is 0 Å². The van der Waals surface area contributed by atoms with Crippen molar-refractivity contribution >= 4 is 44.4 Å². The summed E-state index contributed by atoms with van der Waals surface area (Å²) in [7, 11) is 4.03. The van der Waals surface area contributed by atoms with Gasteiger partial charge in [0, 0.05) is 24.8 Å². The van der Waals surface area contributed by atoms with Gasteiger partial charge in [0.2, 0.25) is 0 Å². The van der Waals surface area contributed by atoms with Gasteiger partial charge in [-0.25, -0.2) is 9.97 Å². The van der Waals surface area contributed by atoms with Crippen molar-refractivity contribution in [1.29, 1.82) is 0 Å². The Bertz CT molecular complexity index is 797. The molecule has 0 atom stereocenters. The molecule has 0 amide bonds. The van der Waals surface area contributed by atoms with E-state index in [9.17, 15) is 0 Å². The molecule has 0 spiro atoms. The fourth-order valence-corrected chi connectivity index (χ4v) is 2.86. The van der Waals surface area contributed by atoms with Crippen molar-refractivity contribution in [2.24, 2.45) is 0 Å². The summed E-state index contributed by atoms with van der Waals surface area (Å²) < 4.78 is 2.92. The van der Waals surface area contributed by atoms with Crippen molar-refractivity contribution in [1.82, 2.24) is 14.5 Å². The third-order valence-electron chi connectivity index (χ3n) is 3.26. The van der Waals surface area contributed by atoms with Gasteiger partial charge in [0.1, 0.15) is 11.3 Å². The number of anilines is 1. The van der Waals surface area contributed by atoms with Gasteiger partial charge in [-0.15, -0.1) is 11.6 Å². The fourth-order valence-electron chi connectivity index (χ4n) is 2.36. The lowest BCUT2D eigenvalue weighted by Crippen LogP contribution is -2.13. The first-order chi connectivity index (χ1) is 10.1. The second-order valence-electron chi connectivity index (χ2n) is 4.88. The highest BCUT2D eigenvalue weighted by Gasteiger charge is 2.16. The topological polar surface area (TPSA) is 34.0 Å². The van der Waals surface area contributed by atoms with Crippen LogP contribution in [0.1, 0.15) is 5.82 Å². The van der Waals surface area contributed by atoms with Gasteiger partial charge in [-0.05, 0) is 34.1 Å². The second-order valence-corrected chi connectivity index (χ2v) is 6.06. The lowest BCUT2D eigenvalue weighted by molar-refractivity contribution is 0.957. The lowest BCUT2D eigenvalue weighted by atomic mass is 10.2. The molecule has 0 fully saturated rings. The molecule has 4 nitrogen and oxygen atoms in total. The van der Waals surface area contributed by atoms with Gasteiger partial charge in [0.05, 0.1) is 17.3 Å². The summed E-state index contributed by atoms with van der Waals surface area (Å²) in [6.07, 6.45) is 1.77. The predicted molar refractivity (Wildman–Crippen MR) is 90.4 cm³/mol. The molecule has 0 aliphatic carbocycles. The number of rotatable bonds is 3. The summed E-state index contributed by atoms with van der Waals surface area (Å²) in [5.74, 6) is 1.11. The van der Waals surface area contributed by atoms with Gasteiger partial charge >= 0.3 is 0 Å². The Labute approximate surface area is 136 Å². The number of hydrogen-bond acceptors (Lipinski definition) is 3. The van der Waals surface area contributed by atoms with Crippen molar-refractivity contribution in [3.63, 3.8) is 0 Å². The molecule has 3 aromatic rings. The quantitative estimate of drug-likeness (QED) is 0.658. The lowest BCUT2D eigenvalue weighted by Gasteiger charge is -2.19. The minimum Gasteiger partial charge on any atom is -0.376 e. The van der Waals surface area contributed by atoms with Gasteiger partial charge in [-0.1, -0.05) is 12.1 Å². The first kappa shape index (κ1) is 14.4. The van der Waals surface area contributed by atoms with E-state index in [4.69, 9.17) is 11.6 Å². The van der Waals surface area contributed by atoms with Crippen LogP contribution in [0.4, 0.5) is 5.69 Å². The van der Waals surface area contributed by atoms with Crippen molar-refractivity contribution in [3.8, 4) is 5.69 Å². The van der Waals surface area contributed by atoms with Crippen LogP contribution in [0.5, 0.6) is 0 Å². The monoisotopic (exact) mass is 364 g/mol. The van der Waals surface area contributed by atoms with Crippen LogP contribution in [-0.2, 0) is 5.88 Å². The number of para-hydroxylation sites is 2. The van der Waals surface area contributed by atoms with E-state index >= 15 is 0 Å². The van der Waals surface area contributed by atoms with Crippen LogP contribution < -0.4 is 4.90 Å². The van der Waals surface area contributed by atoms with Gasteiger partial charge in [0.15, 0.2) is 5.65 Å². The maximum absolute atomic E-state index is 6.09. The maximum Gasteiger partial charge on any atom is 0.164 e. The van der Waals surface area contributed by atoms with Crippen molar-refractivity contribution in [2.45, 2.75) is 5.88 Å². The van der Waals surface area contributed by atoms with E-state index in [1.165, 1.54) is 0 Å². The first-order valence-corrected chi connectivity index (χ1v) is 7.80. The van der Waals surface area contributed by atoms with Crippen LogP contribution in [0.2, 0.25) is 0 Å². The third-order valence-corrected chi connectivity index (χ3v) is 3.93. The average molecular weight is 366 g/mol. The van der Waals surface area contributed by atoms with E-state index in [1.807, 2.05) is 36.9 Å². The van der Waals surface area contributed by atoms with E-state index < -0.39 is 0 Å². The SMILES string of the molecule is CN(C)c1ccccc1-n1c(CCl)nc2cc(Br)cnc21. The molecule has 0 saturated heterocycles. The number of pyridine rings is 1. The van der Waals surface area contributed by atoms with E-state index in [0.717, 1.165) is 32.8 Å². The number of aromatic nitrogens is 3. The zero-order valence-electron chi connectivity index (χ0n) is 11.7. The smallest absolute Gasteiger partial charge is 0.164 e. The van der Waals surface area contributed by atoms with Crippen molar-refractivity contribution < 1.29 is 0 Å². The molecular weight excluding hydrogens is 352 g/mol. The molecule has 6 heteroatoms. The molecule has 0 aliphatic heterocycles. The Hall–Kier alpha value is -1.59. The molecule has 0 bridgehead atoms. The van der Waals surface area contributed by atoms with Crippen molar-refractivity contribution in [2.75, 3.05) is 19.0 Å². The number of halogens is 2. The third kappa shape index (κ3) is 2.51. The van der Waals surface area contributed by atoms with Crippen LogP contribution in [0, 0.1) is 0 Å². The number of alkyl halides is 1. The van der Waals surface area contributed by atoms with Gasteiger partial charge in [-0.2, -0.15) is 0 Å². The van der Waals surface area contributed by atoms with Crippen molar-refractivity contribution in [3.05, 3.63) is 46.8 Å². The number of benzene rings is 1. The van der Waals surface area contributed by atoms with Gasteiger partial charge in [0.25, 0.3) is 0 Å². The summed E-state index contributed by atoms with van der Waals surface area (Å²) in [4.78, 5) is 11.2. The number of imidazole rings is 1. The summed E-state index contributed by atoms with van der Waals surface area (Å²) in [5.41, 5.74) is 3.75. The molecule has 2 heterocycles. The summed E-state index contributed by atoms with van der Waals surface area (Å²) in [5, 5.41) is 0. The molecule has 0 unspecified atom stereocenters. The first-order valence-electron chi connectivity index (χ1n) is 6.47. The Morgan fingerprint density at radius 2 is 2.05 bits per heavy atom. The molecule has 0 saturated carbocycles. The largest absolute Gasteiger partial charge is 0.376 e. The highest BCUT2D eigenvalue weighted by Crippen LogP contribution is 2.29. The zero-order chi connectivity index (χ0) is 15.0. The Kier molecular flexibility index (Phi) is 3.87. The number of hydrogen-bond donors (Lipinski definition) is 0. The summed E-state index contributed by atoms with van der Waals surface area (Å²) in [6, 6.07) is 10.1. The predicted octanol–water partition coefficient (Wildman–Crippen LogP) is 3.99.